The largest absolute Gasteiger partial charge is 0.361 e. The van der Waals surface area contributed by atoms with Gasteiger partial charge in [0.25, 0.3) is 0 Å². The second-order valence-electron chi connectivity index (χ2n) is 8.20. The molecule has 1 saturated heterocycles. The maximum absolute atomic E-state index is 13.8. The standard InChI is InChI=1S/C26H21Cl3N2O2S/c27-20-10-8-19(9-11-20)25-17-30(14-15-31(25)24-13-12-21(28)16-23(24)29)34(32,33)26-7-3-5-18-4-1-2-6-22(18)26/h1-13,16,25H,14-15,17H2. The van der Waals surface area contributed by atoms with Gasteiger partial charge in [0.1, 0.15) is 0 Å². The minimum atomic E-state index is -3.73. The van der Waals surface area contributed by atoms with Gasteiger partial charge in [0.2, 0.25) is 10.0 Å². The van der Waals surface area contributed by atoms with Crippen LogP contribution in [0.5, 0.6) is 0 Å². The van der Waals surface area contributed by atoms with Crippen LogP contribution in [0.1, 0.15) is 11.6 Å². The summed E-state index contributed by atoms with van der Waals surface area (Å²) in [6, 6.07) is 25.5. The first-order chi connectivity index (χ1) is 16.3. The fourth-order valence-electron chi connectivity index (χ4n) is 4.51. The molecule has 1 aliphatic heterocycles. The monoisotopic (exact) mass is 530 g/mol. The Morgan fingerprint density at radius 3 is 2.24 bits per heavy atom. The first-order valence-corrected chi connectivity index (χ1v) is 13.4. The van der Waals surface area contributed by atoms with Crippen molar-refractivity contribution in [2.45, 2.75) is 10.9 Å². The van der Waals surface area contributed by atoms with E-state index in [0.717, 1.165) is 22.0 Å². The molecular weight excluding hydrogens is 511 g/mol. The minimum absolute atomic E-state index is 0.255. The van der Waals surface area contributed by atoms with Crippen molar-refractivity contribution in [3.8, 4) is 0 Å². The molecule has 0 aromatic heterocycles. The molecule has 0 saturated carbocycles. The number of fused-ring (bicyclic) bond motifs is 1. The Balaban J connectivity index is 1.56. The highest BCUT2D eigenvalue weighted by Gasteiger charge is 2.36. The van der Waals surface area contributed by atoms with Crippen molar-refractivity contribution in [3.05, 3.63) is 106 Å². The van der Waals surface area contributed by atoms with Gasteiger partial charge in [-0.1, -0.05) is 83.3 Å². The van der Waals surface area contributed by atoms with Crippen LogP contribution in [0.15, 0.2) is 89.8 Å². The molecule has 0 radical (unpaired) electrons. The average Bonchev–Trinajstić information content (AvgIpc) is 2.84. The molecule has 0 aliphatic carbocycles. The first-order valence-electron chi connectivity index (χ1n) is 10.8. The van der Waals surface area contributed by atoms with Crippen LogP contribution in [0.4, 0.5) is 5.69 Å². The molecule has 1 unspecified atom stereocenters. The number of nitrogens with zero attached hydrogens (tertiary/aromatic N) is 2. The number of halogens is 3. The second kappa shape index (κ2) is 9.40. The fraction of sp³-hybridized carbons (Fsp3) is 0.154. The van der Waals surface area contributed by atoms with E-state index in [1.165, 1.54) is 0 Å². The van der Waals surface area contributed by atoms with Crippen LogP contribution in [0.3, 0.4) is 0 Å². The lowest BCUT2D eigenvalue weighted by Gasteiger charge is -2.43. The number of hydrogen-bond donors (Lipinski definition) is 0. The molecule has 0 N–H and O–H groups in total. The molecule has 8 heteroatoms. The Kier molecular flexibility index (Phi) is 6.49. The van der Waals surface area contributed by atoms with Gasteiger partial charge in [-0.2, -0.15) is 4.31 Å². The maximum atomic E-state index is 13.8. The molecule has 1 heterocycles. The Morgan fingerprint density at radius 2 is 1.47 bits per heavy atom. The van der Waals surface area contributed by atoms with E-state index in [2.05, 4.69) is 4.90 Å². The van der Waals surface area contributed by atoms with Crippen molar-refractivity contribution >= 4 is 61.3 Å². The summed E-state index contributed by atoms with van der Waals surface area (Å²) < 4.78 is 29.2. The molecule has 5 rings (SSSR count). The Labute approximate surface area is 214 Å². The van der Waals surface area contributed by atoms with Gasteiger partial charge in [0.05, 0.1) is 21.6 Å². The maximum Gasteiger partial charge on any atom is 0.243 e. The number of hydrogen-bond acceptors (Lipinski definition) is 3. The van der Waals surface area contributed by atoms with Crippen molar-refractivity contribution in [2.75, 3.05) is 24.5 Å². The molecule has 0 spiro atoms. The van der Waals surface area contributed by atoms with Crippen LogP contribution in [-0.4, -0.2) is 32.4 Å². The lowest BCUT2D eigenvalue weighted by molar-refractivity contribution is 0.336. The van der Waals surface area contributed by atoms with E-state index in [0.29, 0.717) is 33.1 Å². The Hall–Kier alpha value is -2.28. The van der Waals surface area contributed by atoms with Gasteiger partial charge in [-0.05, 0) is 47.3 Å². The van der Waals surface area contributed by atoms with E-state index < -0.39 is 10.0 Å². The van der Waals surface area contributed by atoms with E-state index in [4.69, 9.17) is 34.8 Å². The molecule has 1 atom stereocenters. The van der Waals surface area contributed by atoms with Crippen LogP contribution < -0.4 is 4.90 Å². The lowest BCUT2D eigenvalue weighted by Crippen LogP contribution is -2.50. The smallest absolute Gasteiger partial charge is 0.243 e. The van der Waals surface area contributed by atoms with Gasteiger partial charge < -0.3 is 4.90 Å². The van der Waals surface area contributed by atoms with Crippen LogP contribution in [0.2, 0.25) is 15.1 Å². The molecule has 1 fully saturated rings. The number of anilines is 1. The minimum Gasteiger partial charge on any atom is -0.361 e. The van der Waals surface area contributed by atoms with E-state index in [1.54, 1.807) is 28.6 Å². The zero-order chi connectivity index (χ0) is 23.9. The summed E-state index contributed by atoms with van der Waals surface area (Å²) in [6.07, 6.45) is 0. The molecule has 0 bridgehead atoms. The molecule has 174 valence electrons. The first kappa shape index (κ1) is 23.5. The van der Waals surface area contributed by atoms with E-state index >= 15 is 0 Å². The van der Waals surface area contributed by atoms with Crippen LogP contribution >= 0.6 is 34.8 Å². The molecular formula is C26H21Cl3N2O2S. The highest BCUT2D eigenvalue weighted by atomic mass is 35.5. The quantitative estimate of drug-likeness (QED) is 0.283. The molecule has 1 aliphatic rings. The van der Waals surface area contributed by atoms with Crippen molar-refractivity contribution in [1.29, 1.82) is 0 Å². The summed E-state index contributed by atoms with van der Waals surface area (Å²) in [5.41, 5.74) is 1.77. The van der Waals surface area contributed by atoms with E-state index in [-0.39, 0.29) is 12.6 Å². The SMILES string of the molecule is O=S(=O)(c1cccc2ccccc12)N1CCN(c2ccc(Cl)cc2Cl)C(c2ccc(Cl)cc2)C1. The number of benzene rings is 4. The summed E-state index contributed by atoms with van der Waals surface area (Å²) in [5.74, 6) is 0. The lowest BCUT2D eigenvalue weighted by atomic mass is 10.0. The zero-order valence-corrected chi connectivity index (χ0v) is 21.1. The zero-order valence-electron chi connectivity index (χ0n) is 18.0. The third-order valence-corrected chi connectivity index (χ3v) is 8.90. The van der Waals surface area contributed by atoms with Crippen molar-refractivity contribution in [3.63, 3.8) is 0 Å². The summed E-state index contributed by atoms with van der Waals surface area (Å²) >= 11 is 18.8. The molecule has 4 nitrogen and oxygen atoms in total. The summed E-state index contributed by atoms with van der Waals surface area (Å²) in [6.45, 7) is 1.07. The van der Waals surface area contributed by atoms with Crippen molar-refractivity contribution < 1.29 is 8.42 Å². The van der Waals surface area contributed by atoms with Gasteiger partial charge in [-0.3, -0.25) is 0 Å². The van der Waals surface area contributed by atoms with Gasteiger partial charge >= 0.3 is 0 Å². The molecule has 4 aromatic rings. The third-order valence-electron chi connectivity index (χ3n) is 6.18. The van der Waals surface area contributed by atoms with Gasteiger partial charge in [-0.25, -0.2) is 8.42 Å². The summed E-state index contributed by atoms with van der Waals surface area (Å²) in [4.78, 5) is 2.45. The van der Waals surface area contributed by atoms with Gasteiger partial charge in [0.15, 0.2) is 0 Å². The predicted molar refractivity (Wildman–Crippen MR) is 141 cm³/mol. The molecule has 4 aromatic carbocycles. The van der Waals surface area contributed by atoms with Crippen LogP contribution in [0, 0.1) is 0 Å². The number of sulfonamides is 1. The average molecular weight is 532 g/mol. The summed E-state index contributed by atoms with van der Waals surface area (Å²) in [7, 11) is -3.73. The summed E-state index contributed by atoms with van der Waals surface area (Å²) in [5, 5.41) is 3.31. The highest BCUT2D eigenvalue weighted by molar-refractivity contribution is 7.89. The van der Waals surface area contributed by atoms with Gasteiger partial charge in [-0.15, -0.1) is 0 Å². The van der Waals surface area contributed by atoms with E-state index in [1.807, 2.05) is 60.7 Å². The van der Waals surface area contributed by atoms with Crippen LogP contribution in [-0.2, 0) is 10.0 Å². The molecule has 0 amide bonds. The second-order valence-corrected chi connectivity index (χ2v) is 11.4. The predicted octanol–water partition coefficient (Wildman–Crippen LogP) is 7.05. The normalized spacial score (nSPS) is 17.3. The molecule has 34 heavy (non-hydrogen) atoms. The Morgan fingerprint density at radius 1 is 0.765 bits per heavy atom. The third kappa shape index (κ3) is 4.39. The van der Waals surface area contributed by atoms with Crippen LogP contribution in [0.25, 0.3) is 10.8 Å². The highest BCUT2D eigenvalue weighted by Crippen LogP contribution is 2.38. The fourth-order valence-corrected chi connectivity index (χ4v) is 6.80. The van der Waals surface area contributed by atoms with Crippen molar-refractivity contribution in [1.82, 2.24) is 4.31 Å². The topological polar surface area (TPSA) is 40.6 Å². The Bertz CT molecular complexity index is 1450. The van der Waals surface area contributed by atoms with E-state index in [9.17, 15) is 8.42 Å². The number of rotatable bonds is 4. The van der Waals surface area contributed by atoms with Gasteiger partial charge in [0, 0.05) is 35.1 Å². The number of piperazine rings is 1. The van der Waals surface area contributed by atoms with Crippen molar-refractivity contribution in [2.24, 2.45) is 0 Å².